The number of amidine groups is 1. The maximum absolute atomic E-state index is 13.4. The highest BCUT2D eigenvalue weighted by atomic mass is 19.1. The molecule has 1 saturated carbocycles. The van der Waals surface area contributed by atoms with Crippen molar-refractivity contribution in [3.63, 3.8) is 0 Å². The molecule has 2 fully saturated rings. The van der Waals surface area contributed by atoms with Crippen molar-refractivity contribution in [1.29, 1.82) is 0 Å². The summed E-state index contributed by atoms with van der Waals surface area (Å²) in [6, 6.07) is 12.6. The Balaban J connectivity index is 1.39. The van der Waals surface area contributed by atoms with E-state index in [4.69, 9.17) is 0 Å². The van der Waals surface area contributed by atoms with Gasteiger partial charge in [0, 0.05) is 42.2 Å². The van der Waals surface area contributed by atoms with Crippen LogP contribution in [0.25, 0.3) is 0 Å². The highest BCUT2D eigenvalue weighted by Crippen LogP contribution is 2.38. The van der Waals surface area contributed by atoms with Crippen molar-refractivity contribution >= 4 is 23.3 Å². The molecule has 38 heavy (non-hydrogen) atoms. The third-order valence-electron chi connectivity index (χ3n) is 8.08. The SMILES string of the molecule is CC(C)NC(=O)C1CCC(N2C(=NC(=O)c3ccc(F)cc3)Cc3ccc(CN4CCCCC4)cc32)CC1. The maximum atomic E-state index is 13.4. The first kappa shape index (κ1) is 26.5. The molecule has 7 heteroatoms. The van der Waals surface area contributed by atoms with E-state index < -0.39 is 0 Å². The first-order valence-electron chi connectivity index (χ1n) is 14.2. The molecule has 1 N–H and O–H groups in total. The van der Waals surface area contributed by atoms with Gasteiger partial charge in [-0.05, 0) is 107 Å². The number of carbonyl (C=O) groups excluding carboxylic acids is 2. The monoisotopic (exact) mass is 518 g/mol. The van der Waals surface area contributed by atoms with Crippen LogP contribution >= 0.6 is 0 Å². The van der Waals surface area contributed by atoms with Gasteiger partial charge in [-0.25, -0.2) is 4.39 Å². The Morgan fingerprint density at radius 3 is 2.39 bits per heavy atom. The summed E-state index contributed by atoms with van der Waals surface area (Å²) < 4.78 is 13.4. The first-order valence-corrected chi connectivity index (χ1v) is 14.2. The summed E-state index contributed by atoms with van der Waals surface area (Å²) in [5, 5.41) is 3.06. The summed E-state index contributed by atoms with van der Waals surface area (Å²) in [5.41, 5.74) is 3.99. The lowest BCUT2D eigenvalue weighted by atomic mass is 9.84. The molecule has 2 aliphatic heterocycles. The molecule has 3 aliphatic rings. The lowest BCUT2D eigenvalue weighted by molar-refractivity contribution is -0.126. The Labute approximate surface area is 225 Å². The van der Waals surface area contributed by atoms with Gasteiger partial charge in [0.15, 0.2) is 0 Å². The number of rotatable bonds is 6. The van der Waals surface area contributed by atoms with Crippen molar-refractivity contribution in [3.8, 4) is 0 Å². The summed E-state index contributed by atoms with van der Waals surface area (Å²) in [7, 11) is 0. The third kappa shape index (κ3) is 6.15. The molecule has 0 spiro atoms. The second-order valence-electron chi connectivity index (χ2n) is 11.4. The minimum atomic E-state index is -0.372. The number of fused-ring (bicyclic) bond motifs is 1. The number of aliphatic imine (C=N–C) groups is 1. The lowest BCUT2D eigenvalue weighted by Gasteiger charge is -2.36. The fourth-order valence-electron chi connectivity index (χ4n) is 6.13. The van der Waals surface area contributed by atoms with E-state index in [9.17, 15) is 14.0 Å². The largest absolute Gasteiger partial charge is 0.354 e. The van der Waals surface area contributed by atoms with E-state index in [1.54, 1.807) is 0 Å². The molecule has 5 rings (SSSR count). The summed E-state index contributed by atoms with van der Waals surface area (Å²) in [4.78, 5) is 35.1. The van der Waals surface area contributed by atoms with Gasteiger partial charge in [0.05, 0.1) is 0 Å². The first-order chi connectivity index (χ1) is 18.4. The molecule has 6 nitrogen and oxygen atoms in total. The molecule has 2 aromatic carbocycles. The minimum absolute atomic E-state index is 0.0300. The number of hydrogen-bond acceptors (Lipinski definition) is 3. The fraction of sp³-hybridized carbons (Fsp3) is 0.516. The number of halogens is 1. The zero-order valence-corrected chi connectivity index (χ0v) is 22.6. The van der Waals surface area contributed by atoms with Crippen LogP contribution in [0.1, 0.15) is 80.3 Å². The number of carbonyl (C=O) groups is 2. The van der Waals surface area contributed by atoms with Crippen LogP contribution < -0.4 is 10.2 Å². The molecular formula is C31H39FN4O2. The third-order valence-corrected chi connectivity index (χ3v) is 8.08. The Morgan fingerprint density at radius 2 is 1.71 bits per heavy atom. The number of hydrogen-bond donors (Lipinski definition) is 1. The number of piperidine rings is 1. The van der Waals surface area contributed by atoms with Crippen molar-refractivity contribution in [1.82, 2.24) is 10.2 Å². The fourth-order valence-corrected chi connectivity index (χ4v) is 6.13. The lowest BCUT2D eigenvalue weighted by Crippen LogP contribution is -2.44. The summed E-state index contributed by atoms with van der Waals surface area (Å²) in [5.74, 6) is 0.200. The van der Waals surface area contributed by atoms with Crippen LogP contribution in [0.5, 0.6) is 0 Å². The van der Waals surface area contributed by atoms with E-state index in [1.165, 1.54) is 54.7 Å². The molecule has 0 bridgehead atoms. The minimum Gasteiger partial charge on any atom is -0.354 e. The zero-order chi connectivity index (χ0) is 26.6. The molecular weight excluding hydrogens is 479 g/mol. The zero-order valence-electron chi connectivity index (χ0n) is 22.6. The summed E-state index contributed by atoms with van der Waals surface area (Å²) in [6.45, 7) is 7.20. The van der Waals surface area contributed by atoms with Gasteiger partial charge >= 0.3 is 0 Å². The maximum Gasteiger partial charge on any atom is 0.278 e. The number of anilines is 1. The van der Waals surface area contributed by atoms with Gasteiger partial charge in [0.1, 0.15) is 11.7 Å². The number of benzene rings is 2. The van der Waals surface area contributed by atoms with E-state index in [2.05, 4.69) is 38.3 Å². The van der Waals surface area contributed by atoms with Crippen molar-refractivity contribution in [3.05, 3.63) is 65.0 Å². The standard InChI is InChI=1S/C31H39FN4O2/c1-21(2)33-30(37)24-10-14-27(15-11-24)36-28-18-22(20-35-16-4-3-5-17-35)6-7-25(28)19-29(36)34-31(38)23-8-12-26(32)13-9-23/h6-9,12-13,18,21,24,27H,3-5,10-11,14-17,19-20H2,1-2H3,(H,33,37). The molecule has 0 radical (unpaired) electrons. The number of amides is 2. The van der Waals surface area contributed by atoms with Crippen LogP contribution in [0, 0.1) is 11.7 Å². The predicted molar refractivity (Wildman–Crippen MR) is 149 cm³/mol. The van der Waals surface area contributed by atoms with Gasteiger partial charge in [-0.2, -0.15) is 4.99 Å². The highest BCUT2D eigenvalue weighted by Gasteiger charge is 2.36. The summed E-state index contributed by atoms with van der Waals surface area (Å²) in [6.07, 6.45) is 7.81. The quantitative estimate of drug-likeness (QED) is 0.549. The van der Waals surface area contributed by atoms with Crippen LogP contribution in [0.2, 0.25) is 0 Å². The molecule has 0 aromatic heterocycles. The molecule has 0 unspecified atom stereocenters. The summed E-state index contributed by atoms with van der Waals surface area (Å²) >= 11 is 0. The van der Waals surface area contributed by atoms with Crippen molar-refractivity contribution in [2.75, 3.05) is 18.0 Å². The molecule has 202 valence electrons. The molecule has 0 atom stereocenters. The van der Waals surface area contributed by atoms with Crippen LogP contribution in [0.15, 0.2) is 47.5 Å². The van der Waals surface area contributed by atoms with Crippen LogP contribution in [0.4, 0.5) is 10.1 Å². The van der Waals surface area contributed by atoms with Crippen LogP contribution in [0.3, 0.4) is 0 Å². The normalized spacial score (nSPS) is 23.1. The van der Waals surface area contributed by atoms with Gasteiger partial charge in [0.25, 0.3) is 5.91 Å². The van der Waals surface area contributed by atoms with E-state index >= 15 is 0 Å². The van der Waals surface area contributed by atoms with Gasteiger partial charge in [-0.3, -0.25) is 14.5 Å². The Kier molecular flexibility index (Phi) is 8.22. The van der Waals surface area contributed by atoms with Gasteiger partial charge in [-0.15, -0.1) is 0 Å². The average molecular weight is 519 g/mol. The van der Waals surface area contributed by atoms with E-state index in [0.717, 1.165) is 56.8 Å². The van der Waals surface area contributed by atoms with Crippen molar-refractivity contribution in [2.45, 2.75) is 83.8 Å². The smallest absolute Gasteiger partial charge is 0.278 e. The highest BCUT2D eigenvalue weighted by molar-refractivity contribution is 6.12. The second-order valence-corrected chi connectivity index (χ2v) is 11.4. The molecule has 2 aromatic rings. The van der Waals surface area contributed by atoms with Crippen LogP contribution in [-0.4, -0.2) is 47.7 Å². The number of nitrogens with zero attached hydrogens (tertiary/aromatic N) is 3. The Morgan fingerprint density at radius 1 is 1.00 bits per heavy atom. The second kappa shape index (κ2) is 11.8. The predicted octanol–water partition coefficient (Wildman–Crippen LogP) is 5.50. The van der Waals surface area contributed by atoms with E-state index in [1.807, 2.05) is 13.8 Å². The molecule has 1 aliphatic carbocycles. The average Bonchev–Trinajstić information content (AvgIpc) is 3.26. The van der Waals surface area contributed by atoms with E-state index in [-0.39, 0.29) is 35.6 Å². The van der Waals surface area contributed by atoms with Crippen molar-refractivity contribution < 1.29 is 14.0 Å². The van der Waals surface area contributed by atoms with Crippen LogP contribution in [-0.2, 0) is 17.8 Å². The van der Waals surface area contributed by atoms with Crippen molar-refractivity contribution in [2.24, 2.45) is 10.9 Å². The Hall–Kier alpha value is -3.06. The van der Waals surface area contributed by atoms with Gasteiger partial charge in [-0.1, -0.05) is 18.6 Å². The molecule has 2 amide bonds. The molecule has 2 heterocycles. The number of nitrogens with one attached hydrogen (secondary N) is 1. The molecule has 1 saturated heterocycles. The topological polar surface area (TPSA) is 65.0 Å². The van der Waals surface area contributed by atoms with Gasteiger partial charge in [0.2, 0.25) is 5.91 Å². The van der Waals surface area contributed by atoms with E-state index in [0.29, 0.717) is 12.0 Å². The number of likely N-dealkylation sites (tertiary alicyclic amines) is 1. The van der Waals surface area contributed by atoms with Gasteiger partial charge < -0.3 is 10.2 Å². The Bertz CT molecular complexity index is 1180.